The molecule has 0 unspecified atom stereocenters. The highest BCUT2D eigenvalue weighted by Gasteiger charge is 2.17. The van der Waals surface area contributed by atoms with Crippen LogP contribution in [0.25, 0.3) is 0 Å². The topological polar surface area (TPSA) is 101 Å². The van der Waals surface area contributed by atoms with Crippen LogP contribution in [0.1, 0.15) is 36.9 Å². The van der Waals surface area contributed by atoms with Crippen LogP contribution < -0.4 is 16.6 Å². The standard InChI is InChI=1S/C13H22N4O3/c1-4-17(8-11(18)15-9(2)3)7-10-5-6-20-12(10)13(19)16-14/h5-6,9H,4,7-8,14H2,1-3H3,(H,15,18)(H,16,19). The number of nitrogens with one attached hydrogen (secondary N) is 2. The van der Waals surface area contributed by atoms with Crippen molar-refractivity contribution in [1.29, 1.82) is 0 Å². The second-order valence-electron chi connectivity index (χ2n) is 4.77. The van der Waals surface area contributed by atoms with E-state index in [4.69, 9.17) is 10.3 Å². The number of hydrogen-bond donors (Lipinski definition) is 3. The molecule has 1 aromatic rings. The summed E-state index contributed by atoms with van der Waals surface area (Å²) >= 11 is 0. The van der Waals surface area contributed by atoms with Crippen molar-refractivity contribution in [1.82, 2.24) is 15.6 Å². The number of nitrogens with zero attached hydrogens (tertiary/aromatic N) is 1. The van der Waals surface area contributed by atoms with Gasteiger partial charge in [0, 0.05) is 18.2 Å². The number of carbonyl (C=O) groups is 2. The molecule has 0 aliphatic heterocycles. The first-order valence-electron chi connectivity index (χ1n) is 6.57. The average Bonchev–Trinajstić information content (AvgIpc) is 2.84. The lowest BCUT2D eigenvalue weighted by molar-refractivity contribution is -0.122. The van der Waals surface area contributed by atoms with Crippen molar-refractivity contribution in [3.05, 3.63) is 23.7 Å². The second kappa shape index (κ2) is 7.66. The summed E-state index contributed by atoms with van der Waals surface area (Å²) in [5.74, 6) is 4.74. The zero-order valence-corrected chi connectivity index (χ0v) is 12.1. The van der Waals surface area contributed by atoms with E-state index in [1.807, 2.05) is 31.1 Å². The van der Waals surface area contributed by atoms with Crippen LogP contribution in [-0.2, 0) is 11.3 Å². The number of nitrogens with two attached hydrogens (primary N) is 1. The van der Waals surface area contributed by atoms with Crippen molar-refractivity contribution >= 4 is 11.8 Å². The maximum Gasteiger partial charge on any atom is 0.301 e. The lowest BCUT2D eigenvalue weighted by Gasteiger charge is -2.20. The molecule has 2 amide bonds. The van der Waals surface area contributed by atoms with Gasteiger partial charge in [-0.1, -0.05) is 6.92 Å². The number of furan rings is 1. The van der Waals surface area contributed by atoms with Gasteiger partial charge in [-0.2, -0.15) is 0 Å². The smallest absolute Gasteiger partial charge is 0.301 e. The van der Waals surface area contributed by atoms with Crippen LogP contribution in [0, 0.1) is 0 Å². The molecule has 1 rings (SSSR count). The van der Waals surface area contributed by atoms with Gasteiger partial charge in [0.2, 0.25) is 5.91 Å². The Morgan fingerprint density at radius 1 is 1.45 bits per heavy atom. The summed E-state index contributed by atoms with van der Waals surface area (Å²) in [7, 11) is 0. The summed E-state index contributed by atoms with van der Waals surface area (Å²) in [5.41, 5.74) is 2.74. The van der Waals surface area contributed by atoms with Crippen molar-refractivity contribution in [2.24, 2.45) is 5.84 Å². The van der Waals surface area contributed by atoms with Crippen LogP contribution in [0.3, 0.4) is 0 Å². The largest absolute Gasteiger partial charge is 0.459 e. The highest BCUT2D eigenvalue weighted by Crippen LogP contribution is 2.13. The summed E-state index contributed by atoms with van der Waals surface area (Å²) in [6.07, 6.45) is 1.43. The quantitative estimate of drug-likeness (QED) is 0.377. The lowest BCUT2D eigenvalue weighted by atomic mass is 10.2. The van der Waals surface area contributed by atoms with Crippen LogP contribution >= 0.6 is 0 Å². The van der Waals surface area contributed by atoms with E-state index in [1.165, 1.54) is 6.26 Å². The van der Waals surface area contributed by atoms with Gasteiger partial charge in [0.25, 0.3) is 0 Å². The number of hydrazine groups is 1. The fourth-order valence-corrected chi connectivity index (χ4v) is 1.82. The molecule has 0 saturated heterocycles. The molecule has 1 heterocycles. The minimum absolute atomic E-state index is 0.0461. The Morgan fingerprint density at radius 3 is 2.70 bits per heavy atom. The molecule has 0 fully saturated rings. The van der Waals surface area contributed by atoms with E-state index in [2.05, 4.69) is 5.32 Å². The van der Waals surface area contributed by atoms with Gasteiger partial charge in [-0.3, -0.25) is 19.9 Å². The highest BCUT2D eigenvalue weighted by atomic mass is 16.3. The summed E-state index contributed by atoms with van der Waals surface area (Å²) in [5, 5.41) is 2.83. The summed E-state index contributed by atoms with van der Waals surface area (Å²) in [6, 6.07) is 1.81. The summed E-state index contributed by atoms with van der Waals surface area (Å²) in [6.45, 7) is 7.17. The first kappa shape index (κ1) is 16.2. The average molecular weight is 282 g/mol. The number of nitrogen functional groups attached to an aromatic ring is 1. The predicted octanol–water partition coefficient (Wildman–Crippen LogP) is 0.230. The monoisotopic (exact) mass is 282 g/mol. The zero-order chi connectivity index (χ0) is 15.1. The summed E-state index contributed by atoms with van der Waals surface area (Å²) in [4.78, 5) is 25.2. The van der Waals surface area contributed by atoms with E-state index in [-0.39, 0.29) is 24.3 Å². The van der Waals surface area contributed by atoms with Gasteiger partial charge >= 0.3 is 5.91 Å². The third-order valence-corrected chi connectivity index (χ3v) is 2.74. The molecule has 1 aromatic heterocycles. The first-order valence-corrected chi connectivity index (χ1v) is 6.57. The Balaban J connectivity index is 2.67. The molecule has 112 valence electrons. The first-order chi connectivity index (χ1) is 9.47. The van der Waals surface area contributed by atoms with E-state index in [0.717, 1.165) is 0 Å². The van der Waals surface area contributed by atoms with Crippen LogP contribution in [-0.4, -0.2) is 35.8 Å². The second-order valence-corrected chi connectivity index (χ2v) is 4.77. The van der Waals surface area contributed by atoms with Crippen LogP contribution in [0.4, 0.5) is 0 Å². The molecule has 7 heteroatoms. The molecule has 20 heavy (non-hydrogen) atoms. The van der Waals surface area contributed by atoms with Crippen LogP contribution in [0.5, 0.6) is 0 Å². The van der Waals surface area contributed by atoms with Crippen molar-refractivity contribution in [2.45, 2.75) is 33.4 Å². The zero-order valence-electron chi connectivity index (χ0n) is 12.1. The van der Waals surface area contributed by atoms with Gasteiger partial charge in [-0.15, -0.1) is 0 Å². The minimum atomic E-state index is -0.479. The normalized spacial score (nSPS) is 10.9. The number of carbonyl (C=O) groups excluding carboxylic acids is 2. The number of likely N-dealkylation sites (N-methyl/N-ethyl adjacent to an activating group) is 1. The lowest BCUT2D eigenvalue weighted by Crippen LogP contribution is -2.40. The molecule has 0 spiro atoms. The summed E-state index contributed by atoms with van der Waals surface area (Å²) < 4.78 is 5.11. The predicted molar refractivity (Wildman–Crippen MR) is 74.6 cm³/mol. The Hall–Kier alpha value is -1.86. The third-order valence-electron chi connectivity index (χ3n) is 2.74. The van der Waals surface area contributed by atoms with E-state index in [9.17, 15) is 9.59 Å². The van der Waals surface area contributed by atoms with Crippen molar-refractivity contribution in [3.63, 3.8) is 0 Å². The van der Waals surface area contributed by atoms with Crippen LogP contribution in [0.15, 0.2) is 16.7 Å². The van der Waals surface area contributed by atoms with E-state index >= 15 is 0 Å². The maximum atomic E-state index is 11.8. The Morgan fingerprint density at radius 2 is 2.15 bits per heavy atom. The molecule has 0 aliphatic rings. The van der Waals surface area contributed by atoms with Gasteiger partial charge in [-0.25, -0.2) is 5.84 Å². The molecule has 0 bridgehead atoms. The van der Waals surface area contributed by atoms with Gasteiger partial charge in [-0.05, 0) is 26.5 Å². The molecular weight excluding hydrogens is 260 g/mol. The fourth-order valence-electron chi connectivity index (χ4n) is 1.82. The van der Waals surface area contributed by atoms with Gasteiger partial charge in [0.15, 0.2) is 5.76 Å². The third kappa shape index (κ3) is 4.67. The molecule has 0 aliphatic carbocycles. The molecule has 4 N–H and O–H groups in total. The fraction of sp³-hybridized carbons (Fsp3) is 0.538. The van der Waals surface area contributed by atoms with Gasteiger partial charge in [0.1, 0.15) is 0 Å². The number of amides is 2. The molecule has 0 radical (unpaired) electrons. The van der Waals surface area contributed by atoms with Gasteiger partial charge < -0.3 is 9.73 Å². The van der Waals surface area contributed by atoms with Crippen molar-refractivity contribution in [3.8, 4) is 0 Å². The highest BCUT2D eigenvalue weighted by molar-refractivity contribution is 5.92. The Labute approximate surface area is 118 Å². The minimum Gasteiger partial charge on any atom is -0.459 e. The SMILES string of the molecule is CCN(CC(=O)NC(C)C)Cc1ccoc1C(=O)NN. The Kier molecular flexibility index (Phi) is 6.20. The molecular formula is C13H22N4O3. The van der Waals surface area contributed by atoms with Crippen molar-refractivity contribution < 1.29 is 14.0 Å². The molecule has 7 nitrogen and oxygen atoms in total. The van der Waals surface area contributed by atoms with E-state index in [1.54, 1.807) is 6.07 Å². The number of hydrogen-bond acceptors (Lipinski definition) is 5. The van der Waals surface area contributed by atoms with Crippen molar-refractivity contribution in [2.75, 3.05) is 13.1 Å². The molecule has 0 atom stereocenters. The number of rotatable bonds is 7. The Bertz CT molecular complexity index is 456. The van der Waals surface area contributed by atoms with E-state index in [0.29, 0.717) is 18.7 Å². The molecule has 0 aromatic carbocycles. The van der Waals surface area contributed by atoms with E-state index < -0.39 is 5.91 Å². The van der Waals surface area contributed by atoms with Gasteiger partial charge in [0.05, 0.1) is 12.8 Å². The van der Waals surface area contributed by atoms with Crippen LogP contribution in [0.2, 0.25) is 0 Å². The molecule has 0 saturated carbocycles. The maximum absolute atomic E-state index is 11.8.